The molecule has 20 heavy (non-hydrogen) atoms. The first-order valence-corrected chi connectivity index (χ1v) is 8.22. The molecule has 2 nitrogen and oxygen atoms in total. The third-order valence-electron chi connectivity index (χ3n) is 4.62. The van der Waals surface area contributed by atoms with Gasteiger partial charge in [0.05, 0.1) is 5.92 Å². The van der Waals surface area contributed by atoms with Gasteiger partial charge in [-0.05, 0) is 49.4 Å². The molecule has 1 saturated carbocycles. The average molecular weight is 282 g/mol. The zero-order valence-corrected chi connectivity index (χ0v) is 14.6. The van der Waals surface area contributed by atoms with Gasteiger partial charge in [-0.2, -0.15) is 0 Å². The minimum atomic E-state index is -0.168. The van der Waals surface area contributed by atoms with Crippen LogP contribution in [0.5, 0.6) is 0 Å². The fraction of sp³-hybridized carbons (Fsp3) is 0.944. The number of hydrogen-bond acceptors (Lipinski definition) is 2. The lowest BCUT2D eigenvalue weighted by atomic mass is 9.72. The van der Waals surface area contributed by atoms with Crippen molar-refractivity contribution in [2.75, 3.05) is 0 Å². The quantitative estimate of drug-likeness (QED) is 0.650. The summed E-state index contributed by atoms with van der Waals surface area (Å²) in [4.78, 5) is 12.8. The first-order chi connectivity index (χ1) is 8.99. The van der Waals surface area contributed by atoms with Gasteiger partial charge in [0.1, 0.15) is 5.60 Å². The molecule has 0 aromatic carbocycles. The maximum atomic E-state index is 12.8. The van der Waals surface area contributed by atoms with E-state index in [4.69, 9.17) is 4.74 Å². The highest BCUT2D eigenvalue weighted by atomic mass is 16.6. The maximum Gasteiger partial charge on any atom is 0.310 e. The number of carbonyl (C=O) groups is 1. The third-order valence-corrected chi connectivity index (χ3v) is 4.62. The summed E-state index contributed by atoms with van der Waals surface area (Å²) < 4.78 is 6.04. The van der Waals surface area contributed by atoms with Crippen molar-refractivity contribution in [3.63, 3.8) is 0 Å². The number of rotatable bonds is 4. The molecule has 0 spiro atoms. The molecule has 0 radical (unpaired) electrons. The second-order valence-corrected chi connectivity index (χ2v) is 8.85. The lowest BCUT2D eigenvalue weighted by molar-refractivity contribution is -0.170. The molecule has 1 atom stereocenters. The lowest BCUT2D eigenvalue weighted by Gasteiger charge is -2.37. The Balaban J connectivity index is 2.83. The molecule has 0 aromatic heterocycles. The molecule has 0 saturated heterocycles. The molecule has 0 N–H and O–H groups in total. The van der Waals surface area contributed by atoms with Gasteiger partial charge < -0.3 is 4.74 Å². The molecule has 0 amide bonds. The van der Waals surface area contributed by atoms with E-state index in [0.717, 1.165) is 25.7 Å². The van der Waals surface area contributed by atoms with Gasteiger partial charge in [0, 0.05) is 0 Å². The van der Waals surface area contributed by atoms with E-state index >= 15 is 0 Å². The molecule has 1 aliphatic carbocycles. The van der Waals surface area contributed by atoms with E-state index in [1.807, 2.05) is 0 Å². The molecule has 118 valence electrons. The number of ether oxygens (including phenoxy) is 1. The molecule has 0 bridgehead atoms. The van der Waals surface area contributed by atoms with Gasteiger partial charge >= 0.3 is 5.97 Å². The molecule has 0 heterocycles. The van der Waals surface area contributed by atoms with E-state index < -0.39 is 0 Å². The molecule has 2 heteroatoms. The van der Waals surface area contributed by atoms with Gasteiger partial charge in [-0.15, -0.1) is 0 Å². The fourth-order valence-electron chi connectivity index (χ4n) is 3.19. The normalized spacial score (nSPS) is 20.8. The number of carbonyl (C=O) groups excluding carboxylic acids is 1. The maximum absolute atomic E-state index is 12.8. The Bertz CT molecular complexity index is 324. The van der Waals surface area contributed by atoms with Crippen LogP contribution >= 0.6 is 0 Å². The zero-order chi connectivity index (χ0) is 15.6. The van der Waals surface area contributed by atoms with Crippen LogP contribution in [0.3, 0.4) is 0 Å². The molecule has 1 unspecified atom stereocenters. The summed E-state index contributed by atoms with van der Waals surface area (Å²) in [7, 11) is 0. The van der Waals surface area contributed by atoms with E-state index in [-0.39, 0.29) is 28.3 Å². The standard InChI is InChI=1S/C18H34O2/c1-8-18(11-9-10-12-18)20-15(19)14(17(5,6)7)13-16(2,3)4/h14H,8-13H2,1-7H3. The molecular formula is C18H34O2. The first-order valence-electron chi connectivity index (χ1n) is 8.22. The largest absolute Gasteiger partial charge is 0.459 e. The van der Waals surface area contributed by atoms with Crippen molar-refractivity contribution in [1.29, 1.82) is 0 Å². The van der Waals surface area contributed by atoms with E-state index in [2.05, 4.69) is 48.5 Å². The van der Waals surface area contributed by atoms with Crippen LogP contribution in [0.25, 0.3) is 0 Å². The highest BCUT2D eigenvalue weighted by molar-refractivity contribution is 5.74. The number of hydrogen-bond donors (Lipinski definition) is 0. The van der Waals surface area contributed by atoms with Gasteiger partial charge in [0.15, 0.2) is 0 Å². The SMILES string of the molecule is CCC1(OC(=O)C(CC(C)(C)C)C(C)(C)C)CCCC1. The number of esters is 1. The lowest BCUT2D eigenvalue weighted by Crippen LogP contribution is -2.39. The van der Waals surface area contributed by atoms with Gasteiger partial charge in [0.25, 0.3) is 0 Å². The van der Waals surface area contributed by atoms with E-state index in [0.29, 0.717) is 0 Å². The molecular weight excluding hydrogens is 248 g/mol. The topological polar surface area (TPSA) is 26.3 Å². The summed E-state index contributed by atoms with van der Waals surface area (Å²) in [6.07, 6.45) is 6.31. The van der Waals surface area contributed by atoms with Crippen LogP contribution in [-0.4, -0.2) is 11.6 Å². The van der Waals surface area contributed by atoms with Crippen LogP contribution < -0.4 is 0 Å². The monoisotopic (exact) mass is 282 g/mol. The Morgan fingerprint density at radius 3 is 1.95 bits per heavy atom. The highest BCUT2D eigenvalue weighted by Crippen LogP contribution is 2.41. The van der Waals surface area contributed by atoms with Crippen LogP contribution in [0.1, 0.15) is 87.0 Å². The van der Waals surface area contributed by atoms with Gasteiger partial charge in [-0.25, -0.2) is 0 Å². The van der Waals surface area contributed by atoms with Crippen molar-refractivity contribution in [2.24, 2.45) is 16.7 Å². The van der Waals surface area contributed by atoms with Crippen LogP contribution in [-0.2, 0) is 9.53 Å². The summed E-state index contributed by atoms with van der Waals surface area (Å²) in [5.74, 6) is 0.00250. The van der Waals surface area contributed by atoms with Gasteiger partial charge in [0.2, 0.25) is 0 Å². The summed E-state index contributed by atoms with van der Waals surface area (Å²) >= 11 is 0. The van der Waals surface area contributed by atoms with Crippen molar-refractivity contribution in [3.8, 4) is 0 Å². The van der Waals surface area contributed by atoms with Gasteiger partial charge in [-0.1, -0.05) is 48.5 Å². The summed E-state index contributed by atoms with van der Waals surface area (Å²) in [5, 5.41) is 0. The third kappa shape index (κ3) is 4.79. The van der Waals surface area contributed by atoms with E-state index in [9.17, 15) is 4.79 Å². The second-order valence-electron chi connectivity index (χ2n) is 8.85. The molecule has 1 rings (SSSR count). The predicted octanol–water partition coefficient (Wildman–Crippen LogP) is 5.35. The van der Waals surface area contributed by atoms with Crippen LogP contribution in [0.15, 0.2) is 0 Å². The highest BCUT2D eigenvalue weighted by Gasteiger charge is 2.41. The Morgan fingerprint density at radius 2 is 1.60 bits per heavy atom. The predicted molar refractivity (Wildman–Crippen MR) is 84.6 cm³/mol. The minimum Gasteiger partial charge on any atom is -0.459 e. The Hall–Kier alpha value is -0.530. The summed E-state index contributed by atoms with van der Waals surface area (Å²) in [6, 6.07) is 0. The van der Waals surface area contributed by atoms with E-state index in [1.165, 1.54) is 12.8 Å². The molecule has 1 aliphatic rings. The molecule has 0 aromatic rings. The van der Waals surface area contributed by atoms with Crippen LogP contribution in [0, 0.1) is 16.7 Å². The summed E-state index contributed by atoms with van der Waals surface area (Å²) in [5.41, 5.74) is -0.0671. The Kier molecular flexibility index (Phi) is 5.32. The Morgan fingerprint density at radius 1 is 1.10 bits per heavy atom. The van der Waals surface area contributed by atoms with Crippen molar-refractivity contribution in [2.45, 2.75) is 92.6 Å². The van der Waals surface area contributed by atoms with Crippen molar-refractivity contribution in [1.82, 2.24) is 0 Å². The average Bonchev–Trinajstić information content (AvgIpc) is 2.72. The fourth-order valence-corrected chi connectivity index (χ4v) is 3.19. The molecule has 0 aliphatic heterocycles. The van der Waals surface area contributed by atoms with Gasteiger partial charge in [-0.3, -0.25) is 4.79 Å². The van der Waals surface area contributed by atoms with Crippen LogP contribution in [0.4, 0.5) is 0 Å². The zero-order valence-electron chi connectivity index (χ0n) is 14.6. The van der Waals surface area contributed by atoms with Crippen molar-refractivity contribution in [3.05, 3.63) is 0 Å². The van der Waals surface area contributed by atoms with Crippen molar-refractivity contribution >= 4 is 5.97 Å². The molecule has 1 fully saturated rings. The summed E-state index contributed by atoms with van der Waals surface area (Å²) in [6.45, 7) is 15.2. The Labute approximate surface area is 125 Å². The smallest absolute Gasteiger partial charge is 0.310 e. The first kappa shape index (κ1) is 17.5. The van der Waals surface area contributed by atoms with Crippen LogP contribution in [0.2, 0.25) is 0 Å². The minimum absolute atomic E-state index is 0.0217. The van der Waals surface area contributed by atoms with Crippen molar-refractivity contribution < 1.29 is 9.53 Å². The second kappa shape index (κ2) is 6.07. The van der Waals surface area contributed by atoms with E-state index in [1.54, 1.807) is 0 Å².